The van der Waals surface area contributed by atoms with Gasteiger partial charge in [-0.3, -0.25) is 4.79 Å². The Bertz CT molecular complexity index is 843. The van der Waals surface area contributed by atoms with Gasteiger partial charge in [-0.1, -0.05) is 6.07 Å². The van der Waals surface area contributed by atoms with Gasteiger partial charge in [-0.25, -0.2) is 4.79 Å². The molecule has 1 amide bonds. The van der Waals surface area contributed by atoms with Crippen molar-refractivity contribution in [2.75, 3.05) is 19.6 Å². The number of nitrogens with one attached hydrogen (secondary N) is 1. The van der Waals surface area contributed by atoms with E-state index in [0.29, 0.717) is 26.1 Å². The number of nitrogens with zero attached hydrogens (tertiary/aromatic N) is 1. The minimum atomic E-state index is -1.17. The standard InChI is InChI=1S/C18H21BN2O7/c22-8-3-13(20-5-8)17(23)21-6-9(7-21)27-14-2-1-10-11-4-12(11)19(26)28-16(10)15(14)18(24)25/h1-2,8-9,11-13,20,22,26H,3-7H2,(H,24,25)/t8?,11?,12-,13?/m1/s1. The Kier molecular flexibility index (Phi) is 4.04. The highest BCUT2D eigenvalue weighted by Crippen LogP contribution is 2.60. The number of benzene rings is 1. The second kappa shape index (κ2) is 6.36. The summed E-state index contributed by atoms with van der Waals surface area (Å²) in [6.45, 7) is 1.13. The van der Waals surface area contributed by atoms with Crippen LogP contribution in [0, 0.1) is 0 Å². The number of ether oxygens (including phenoxy) is 1. The van der Waals surface area contributed by atoms with Crippen molar-refractivity contribution in [3.8, 4) is 11.5 Å². The van der Waals surface area contributed by atoms with Crippen molar-refractivity contribution in [2.24, 2.45) is 0 Å². The van der Waals surface area contributed by atoms with Crippen molar-refractivity contribution in [2.45, 2.75) is 42.8 Å². The lowest BCUT2D eigenvalue weighted by Crippen LogP contribution is -2.59. The number of likely N-dealkylation sites (tertiary alicyclic amines) is 1. The predicted molar refractivity (Wildman–Crippen MR) is 96.5 cm³/mol. The Morgan fingerprint density at radius 2 is 2.07 bits per heavy atom. The van der Waals surface area contributed by atoms with E-state index >= 15 is 0 Å². The van der Waals surface area contributed by atoms with E-state index in [1.54, 1.807) is 17.0 Å². The van der Waals surface area contributed by atoms with E-state index in [4.69, 9.17) is 9.39 Å². The first-order chi connectivity index (χ1) is 13.4. The van der Waals surface area contributed by atoms with E-state index in [1.807, 2.05) is 0 Å². The van der Waals surface area contributed by atoms with Gasteiger partial charge >= 0.3 is 13.1 Å². The highest BCUT2D eigenvalue weighted by Gasteiger charge is 2.54. The van der Waals surface area contributed by atoms with Crippen LogP contribution in [0.1, 0.15) is 34.7 Å². The van der Waals surface area contributed by atoms with Gasteiger partial charge in [0.2, 0.25) is 5.91 Å². The maximum absolute atomic E-state index is 12.4. The van der Waals surface area contributed by atoms with E-state index in [1.165, 1.54) is 0 Å². The zero-order valence-electron chi connectivity index (χ0n) is 15.1. The minimum absolute atomic E-state index is 0.0369. The van der Waals surface area contributed by atoms with Crippen LogP contribution < -0.4 is 14.7 Å². The maximum atomic E-state index is 12.4. The fourth-order valence-electron chi connectivity index (χ4n) is 4.39. The molecule has 3 heterocycles. The maximum Gasteiger partial charge on any atom is 0.526 e. The summed E-state index contributed by atoms with van der Waals surface area (Å²) in [5.41, 5.74) is 0.726. The number of carboxylic acid groups (broad SMARTS) is 1. The van der Waals surface area contributed by atoms with Crippen LogP contribution in [0.3, 0.4) is 0 Å². The molecule has 5 rings (SSSR count). The number of carbonyl (C=O) groups is 2. The second-order valence-corrected chi connectivity index (χ2v) is 8.01. The molecule has 1 aromatic carbocycles. The van der Waals surface area contributed by atoms with Crippen LogP contribution in [0.4, 0.5) is 0 Å². The van der Waals surface area contributed by atoms with Gasteiger partial charge in [0.05, 0.1) is 25.2 Å². The molecule has 4 N–H and O–H groups in total. The zero-order valence-corrected chi connectivity index (χ0v) is 15.1. The number of carbonyl (C=O) groups excluding carboxylic acids is 1. The van der Waals surface area contributed by atoms with Crippen molar-refractivity contribution < 1.29 is 34.2 Å². The molecule has 9 nitrogen and oxygen atoms in total. The molecule has 148 valence electrons. The van der Waals surface area contributed by atoms with Gasteiger partial charge in [-0.2, -0.15) is 0 Å². The van der Waals surface area contributed by atoms with Crippen molar-refractivity contribution in [3.05, 3.63) is 23.3 Å². The number of fused-ring (bicyclic) bond motifs is 3. The molecule has 3 fully saturated rings. The number of hydrogen-bond acceptors (Lipinski definition) is 7. The van der Waals surface area contributed by atoms with E-state index in [0.717, 1.165) is 12.0 Å². The lowest BCUT2D eigenvalue weighted by molar-refractivity contribution is -0.142. The zero-order chi connectivity index (χ0) is 19.6. The van der Waals surface area contributed by atoms with Crippen LogP contribution in [-0.2, 0) is 4.79 Å². The molecule has 0 aromatic heterocycles. The Hall–Kier alpha value is -2.30. The summed E-state index contributed by atoms with van der Waals surface area (Å²) in [6.07, 6.45) is 0.374. The molecule has 4 aliphatic rings. The number of amides is 1. The number of carboxylic acids is 1. The van der Waals surface area contributed by atoms with Gasteiger partial charge in [-0.15, -0.1) is 0 Å². The number of hydrogen-bond donors (Lipinski definition) is 4. The van der Waals surface area contributed by atoms with Crippen molar-refractivity contribution >= 4 is 19.0 Å². The fourth-order valence-corrected chi connectivity index (χ4v) is 4.39. The van der Waals surface area contributed by atoms with E-state index in [2.05, 4.69) is 5.32 Å². The molecule has 0 radical (unpaired) electrons. The Morgan fingerprint density at radius 3 is 2.75 bits per heavy atom. The number of aliphatic hydroxyl groups is 1. The SMILES string of the molecule is O=C(O)c1c(OC2CN(C(=O)C3CC(O)CN3)C2)ccc2c1OB(O)[C@@H]1CC21. The third-order valence-corrected chi connectivity index (χ3v) is 6.07. The minimum Gasteiger partial charge on any atom is -0.535 e. The topological polar surface area (TPSA) is 129 Å². The Balaban J connectivity index is 1.28. The summed E-state index contributed by atoms with van der Waals surface area (Å²) in [7, 11) is -0.989. The smallest absolute Gasteiger partial charge is 0.526 e. The summed E-state index contributed by atoms with van der Waals surface area (Å²) in [5.74, 6) is -0.704. The highest BCUT2D eigenvalue weighted by molar-refractivity contribution is 6.48. The molecule has 3 unspecified atom stereocenters. The van der Waals surface area contributed by atoms with Crippen LogP contribution in [-0.4, -0.2) is 77.0 Å². The second-order valence-electron chi connectivity index (χ2n) is 8.01. The fraction of sp³-hybridized carbons (Fsp3) is 0.556. The molecule has 1 aliphatic carbocycles. The molecule has 0 bridgehead atoms. The van der Waals surface area contributed by atoms with Gasteiger partial charge in [0.25, 0.3) is 0 Å². The molecule has 2 saturated heterocycles. The third-order valence-electron chi connectivity index (χ3n) is 6.07. The van der Waals surface area contributed by atoms with Crippen molar-refractivity contribution in [1.29, 1.82) is 0 Å². The molecule has 10 heteroatoms. The van der Waals surface area contributed by atoms with E-state index in [9.17, 15) is 24.8 Å². The van der Waals surface area contributed by atoms with Crippen LogP contribution in [0.2, 0.25) is 5.82 Å². The average molecular weight is 388 g/mol. The lowest BCUT2D eigenvalue weighted by atomic mass is 9.77. The van der Waals surface area contributed by atoms with Crippen LogP contribution >= 0.6 is 0 Å². The van der Waals surface area contributed by atoms with Gasteiger partial charge in [0, 0.05) is 12.4 Å². The summed E-state index contributed by atoms with van der Waals surface area (Å²) < 4.78 is 11.3. The lowest BCUT2D eigenvalue weighted by Gasteiger charge is -2.40. The molecule has 1 aromatic rings. The highest BCUT2D eigenvalue weighted by atomic mass is 16.5. The van der Waals surface area contributed by atoms with Crippen LogP contribution in [0.15, 0.2) is 12.1 Å². The number of rotatable bonds is 4. The first-order valence-corrected chi connectivity index (χ1v) is 9.54. The van der Waals surface area contributed by atoms with E-state index in [-0.39, 0.29) is 46.9 Å². The molecular weight excluding hydrogens is 367 g/mol. The molecule has 28 heavy (non-hydrogen) atoms. The molecule has 4 atom stereocenters. The summed E-state index contributed by atoms with van der Waals surface area (Å²) in [4.78, 5) is 25.9. The first-order valence-electron chi connectivity index (χ1n) is 9.54. The Morgan fingerprint density at radius 1 is 1.29 bits per heavy atom. The first kappa shape index (κ1) is 17.8. The van der Waals surface area contributed by atoms with Gasteiger partial charge in [-0.05, 0) is 30.4 Å². The summed E-state index contributed by atoms with van der Waals surface area (Å²) in [5, 5.41) is 32.2. The van der Waals surface area contributed by atoms with Gasteiger partial charge < -0.3 is 34.8 Å². The summed E-state index contributed by atoms with van der Waals surface area (Å²) >= 11 is 0. The van der Waals surface area contributed by atoms with Crippen LogP contribution in [0.25, 0.3) is 0 Å². The largest absolute Gasteiger partial charge is 0.535 e. The number of β-amino-alcohol motifs (C(OH)–C–C–N with tert-alkyl or cyclic N) is 1. The van der Waals surface area contributed by atoms with Crippen molar-refractivity contribution in [1.82, 2.24) is 10.2 Å². The predicted octanol–water partition coefficient (Wildman–Crippen LogP) is -0.572. The number of aliphatic hydroxyl groups excluding tert-OH is 1. The summed E-state index contributed by atoms with van der Waals surface area (Å²) in [6, 6.07) is 3.06. The van der Waals surface area contributed by atoms with Gasteiger partial charge in [0.15, 0.2) is 0 Å². The quantitative estimate of drug-likeness (QED) is 0.505. The van der Waals surface area contributed by atoms with Crippen molar-refractivity contribution in [3.63, 3.8) is 0 Å². The monoisotopic (exact) mass is 388 g/mol. The van der Waals surface area contributed by atoms with Crippen LogP contribution in [0.5, 0.6) is 11.5 Å². The molecule has 3 aliphatic heterocycles. The number of aromatic carboxylic acids is 1. The van der Waals surface area contributed by atoms with E-state index < -0.39 is 19.2 Å². The molecular formula is C18H21BN2O7. The normalized spacial score (nSPS) is 30.8. The average Bonchev–Trinajstić information content (AvgIpc) is 3.31. The Labute approximate surface area is 161 Å². The third kappa shape index (κ3) is 2.83. The molecule has 1 saturated carbocycles. The molecule has 0 spiro atoms. The van der Waals surface area contributed by atoms with Gasteiger partial charge in [0.1, 0.15) is 23.2 Å².